The molecule has 0 aromatic heterocycles. The number of amides is 1. The van der Waals surface area contributed by atoms with E-state index in [1.165, 1.54) is 22.5 Å². The van der Waals surface area contributed by atoms with Crippen molar-refractivity contribution in [1.82, 2.24) is 4.31 Å². The van der Waals surface area contributed by atoms with Crippen LogP contribution >= 0.6 is 0 Å². The van der Waals surface area contributed by atoms with Gasteiger partial charge in [0.05, 0.1) is 19.8 Å². The monoisotopic (exact) mass is 436 g/mol. The first kappa shape index (κ1) is 22.2. The van der Waals surface area contributed by atoms with E-state index in [0.29, 0.717) is 31.9 Å². The van der Waals surface area contributed by atoms with Gasteiger partial charge in [0.25, 0.3) is 0 Å². The van der Waals surface area contributed by atoms with E-state index in [4.69, 9.17) is 9.47 Å². The molecule has 1 fully saturated rings. The fraction of sp³-hybridized carbons (Fsp3) is 0.381. The fourth-order valence-electron chi connectivity index (χ4n) is 3.12. The smallest absolute Gasteiger partial charge is 0.246 e. The number of halogens is 1. The molecule has 0 aliphatic carbocycles. The lowest BCUT2D eigenvalue weighted by Crippen LogP contribution is -2.40. The molecule has 0 unspecified atom stereocenters. The molecule has 1 N–H and O–H groups in total. The van der Waals surface area contributed by atoms with E-state index in [2.05, 4.69) is 5.32 Å². The summed E-state index contributed by atoms with van der Waals surface area (Å²) in [4.78, 5) is 12.3. The van der Waals surface area contributed by atoms with Crippen LogP contribution in [0.1, 0.15) is 18.9 Å². The molecule has 0 spiro atoms. The maximum Gasteiger partial charge on any atom is 0.246 e. The molecule has 1 amide bonds. The highest BCUT2D eigenvalue weighted by molar-refractivity contribution is 7.89. The largest absolute Gasteiger partial charge is 0.492 e. The summed E-state index contributed by atoms with van der Waals surface area (Å²) in [6.07, 6.45) is 0.631. The second-order valence-corrected chi connectivity index (χ2v) is 8.69. The molecule has 2 aromatic rings. The van der Waals surface area contributed by atoms with Crippen LogP contribution in [0.15, 0.2) is 47.4 Å². The van der Waals surface area contributed by atoms with E-state index < -0.39 is 10.0 Å². The number of hydrogen-bond acceptors (Lipinski definition) is 5. The average Bonchev–Trinajstić information content (AvgIpc) is 2.75. The van der Waals surface area contributed by atoms with E-state index in [1.54, 1.807) is 31.2 Å². The van der Waals surface area contributed by atoms with Crippen LogP contribution < -0.4 is 10.1 Å². The van der Waals surface area contributed by atoms with Gasteiger partial charge in [0, 0.05) is 25.2 Å². The lowest BCUT2D eigenvalue weighted by molar-refractivity contribution is -0.116. The van der Waals surface area contributed by atoms with Crippen molar-refractivity contribution in [2.24, 2.45) is 0 Å². The predicted molar refractivity (Wildman–Crippen MR) is 111 cm³/mol. The minimum absolute atomic E-state index is 0.0163. The van der Waals surface area contributed by atoms with Crippen LogP contribution in [0.5, 0.6) is 5.75 Å². The van der Waals surface area contributed by atoms with Crippen molar-refractivity contribution in [1.29, 1.82) is 0 Å². The molecule has 1 aliphatic rings. The second kappa shape index (κ2) is 10.0. The van der Waals surface area contributed by atoms with Crippen molar-refractivity contribution in [3.63, 3.8) is 0 Å². The number of ether oxygens (including phenoxy) is 2. The summed E-state index contributed by atoms with van der Waals surface area (Å²) < 4.78 is 51.3. The van der Waals surface area contributed by atoms with Gasteiger partial charge >= 0.3 is 0 Å². The zero-order valence-electron chi connectivity index (χ0n) is 16.8. The van der Waals surface area contributed by atoms with Crippen LogP contribution in [0.2, 0.25) is 0 Å². The highest BCUT2D eigenvalue weighted by Crippen LogP contribution is 2.30. The van der Waals surface area contributed by atoms with E-state index >= 15 is 0 Å². The third kappa shape index (κ3) is 5.56. The summed E-state index contributed by atoms with van der Waals surface area (Å²) in [6.45, 7) is 3.29. The third-order valence-corrected chi connectivity index (χ3v) is 6.59. The molecule has 9 heteroatoms. The molecule has 3 rings (SSSR count). The quantitative estimate of drug-likeness (QED) is 0.688. The van der Waals surface area contributed by atoms with Gasteiger partial charge in [-0.05, 0) is 49.2 Å². The van der Waals surface area contributed by atoms with Crippen molar-refractivity contribution in [3.05, 3.63) is 53.8 Å². The van der Waals surface area contributed by atoms with Gasteiger partial charge in [0.15, 0.2) is 0 Å². The number of rotatable bonds is 8. The first-order valence-electron chi connectivity index (χ1n) is 9.79. The Bertz CT molecular complexity index is 973. The van der Waals surface area contributed by atoms with E-state index in [0.717, 1.165) is 5.56 Å². The van der Waals surface area contributed by atoms with Crippen LogP contribution in [-0.4, -0.2) is 51.5 Å². The van der Waals surface area contributed by atoms with E-state index in [1.807, 2.05) is 0 Å². The van der Waals surface area contributed by atoms with Gasteiger partial charge in [-0.3, -0.25) is 4.79 Å². The minimum atomic E-state index is -3.79. The summed E-state index contributed by atoms with van der Waals surface area (Å²) in [5, 5.41) is 2.73. The van der Waals surface area contributed by atoms with Crippen LogP contribution in [-0.2, 0) is 26.0 Å². The molecule has 7 nitrogen and oxygen atoms in total. The van der Waals surface area contributed by atoms with Gasteiger partial charge in [-0.15, -0.1) is 0 Å². The summed E-state index contributed by atoms with van der Waals surface area (Å²) in [5.41, 5.74) is 1.21. The van der Waals surface area contributed by atoms with Gasteiger partial charge in [0.1, 0.15) is 16.5 Å². The van der Waals surface area contributed by atoms with Crippen LogP contribution in [0, 0.1) is 5.82 Å². The topological polar surface area (TPSA) is 84.9 Å². The number of sulfonamides is 1. The molecule has 30 heavy (non-hydrogen) atoms. The lowest BCUT2D eigenvalue weighted by atomic mass is 10.1. The molecule has 1 aliphatic heterocycles. The molecule has 0 atom stereocenters. The molecule has 0 bridgehead atoms. The summed E-state index contributed by atoms with van der Waals surface area (Å²) >= 11 is 0. The Hall–Kier alpha value is -2.49. The normalized spacial score (nSPS) is 15.0. The van der Waals surface area contributed by atoms with Crippen LogP contribution in [0.4, 0.5) is 10.1 Å². The molecule has 1 saturated heterocycles. The fourth-order valence-corrected chi connectivity index (χ4v) is 4.69. The molecule has 0 radical (unpaired) electrons. The lowest BCUT2D eigenvalue weighted by Gasteiger charge is -2.27. The zero-order valence-corrected chi connectivity index (χ0v) is 17.6. The highest BCUT2D eigenvalue weighted by atomic mass is 32.2. The number of morpholine rings is 1. The van der Waals surface area contributed by atoms with Crippen molar-refractivity contribution in [2.45, 2.75) is 24.7 Å². The van der Waals surface area contributed by atoms with Crippen LogP contribution in [0.25, 0.3) is 0 Å². The SMILES string of the molecule is CCOc1ccc(NC(=O)CCc2ccc(F)cc2)cc1S(=O)(=O)N1CCOCC1. The number of hydrogen-bond donors (Lipinski definition) is 1. The summed E-state index contributed by atoms with van der Waals surface area (Å²) in [5.74, 6) is -0.349. The Labute approximate surface area is 175 Å². The average molecular weight is 437 g/mol. The highest BCUT2D eigenvalue weighted by Gasteiger charge is 2.29. The Morgan fingerprint density at radius 2 is 1.87 bits per heavy atom. The number of nitrogens with zero attached hydrogens (tertiary/aromatic N) is 1. The van der Waals surface area contributed by atoms with Crippen molar-refractivity contribution < 1.29 is 27.1 Å². The second-order valence-electron chi connectivity index (χ2n) is 6.79. The number of nitrogens with one attached hydrogen (secondary N) is 1. The van der Waals surface area contributed by atoms with Crippen molar-refractivity contribution in [3.8, 4) is 5.75 Å². The van der Waals surface area contributed by atoms with Gasteiger partial charge in [-0.1, -0.05) is 12.1 Å². The van der Waals surface area contributed by atoms with Gasteiger partial charge in [-0.2, -0.15) is 4.31 Å². The molecule has 1 heterocycles. The van der Waals surface area contributed by atoms with Gasteiger partial charge in [-0.25, -0.2) is 12.8 Å². The molecule has 2 aromatic carbocycles. The summed E-state index contributed by atoms with van der Waals surface area (Å²) in [6, 6.07) is 10.5. The molecule has 0 saturated carbocycles. The first-order valence-corrected chi connectivity index (χ1v) is 11.2. The van der Waals surface area contributed by atoms with Crippen molar-refractivity contribution >= 4 is 21.6 Å². The number of anilines is 1. The van der Waals surface area contributed by atoms with Gasteiger partial charge < -0.3 is 14.8 Å². The molecular weight excluding hydrogens is 411 g/mol. The van der Waals surface area contributed by atoms with Crippen molar-refractivity contribution in [2.75, 3.05) is 38.2 Å². The maximum absolute atomic E-state index is 13.1. The standard InChI is InChI=1S/C21H25FN2O5S/c1-2-29-19-9-8-18(15-20(19)30(26,27)24-11-13-28-14-12-24)23-21(25)10-5-16-3-6-17(22)7-4-16/h3-4,6-9,15H,2,5,10-14H2,1H3,(H,23,25). The zero-order chi connectivity index (χ0) is 21.6. The predicted octanol–water partition coefficient (Wildman–Crippen LogP) is 2.82. The number of aryl methyl sites for hydroxylation is 1. The Kier molecular flexibility index (Phi) is 7.41. The Morgan fingerprint density at radius 1 is 1.17 bits per heavy atom. The molecular formula is C21H25FN2O5S. The third-order valence-electron chi connectivity index (χ3n) is 4.67. The van der Waals surface area contributed by atoms with E-state index in [-0.39, 0.29) is 41.9 Å². The van der Waals surface area contributed by atoms with Crippen LogP contribution in [0.3, 0.4) is 0 Å². The Balaban J connectivity index is 1.74. The minimum Gasteiger partial charge on any atom is -0.492 e. The van der Waals surface area contributed by atoms with Gasteiger partial charge in [0.2, 0.25) is 15.9 Å². The maximum atomic E-state index is 13.1. The number of carbonyl (C=O) groups excluding carboxylic acids is 1. The Morgan fingerprint density at radius 3 is 2.53 bits per heavy atom. The van der Waals surface area contributed by atoms with E-state index in [9.17, 15) is 17.6 Å². The number of benzene rings is 2. The number of carbonyl (C=O) groups is 1. The first-order chi connectivity index (χ1) is 14.4. The summed E-state index contributed by atoms with van der Waals surface area (Å²) in [7, 11) is -3.79. The molecule has 162 valence electrons.